The van der Waals surface area contributed by atoms with Crippen molar-refractivity contribution in [3.8, 4) is 0 Å². The van der Waals surface area contributed by atoms with Crippen LogP contribution in [0.15, 0.2) is 201 Å². The maximum absolute atomic E-state index is 13.0. The van der Waals surface area contributed by atoms with Crippen LogP contribution in [0, 0.1) is 0 Å². The molecule has 0 aliphatic heterocycles. The predicted molar refractivity (Wildman–Crippen MR) is 310 cm³/mol. The standard InChI is InChI=1S/C50H34N14O6S6.2Na.2H/c65-75(66,67)43-23-33(55-49-57-45(71-61-27-51-35-9-1-5-13-39(35)61)25-46(58-49)72-62-28-52-36-10-2-6-14-40(36)62)21-19-31(43)17-18-32-20-22-34(24-44(32)76(68,69)70)56-50-59-47(73-63-29-53-37-11-3-7-15-41(37)63)26-48(60-50)74-64-30-54-38-12-4-8-16-42(38)64;;;;/h1-30H,(H,55,57,58)(H,56,59,60)(H,65,66,67)(H,68,69,70);;;;. The van der Waals surface area contributed by atoms with Crippen LogP contribution in [0.3, 0.4) is 0 Å². The first kappa shape index (κ1) is 55.2. The van der Waals surface area contributed by atoms with Crippen molar-refractivity contribution in [2.45, 2.75) is 29.9 Å². The minimum atomic E-state index is -4.89. The fraction of sp³-hybridized carbons (Fsp3) is 0. The fourth-order valence-corrected chi connectivity index (χ4v) is 12.9. The topological polar surface area (TPSA) is 256 Å². The summed E-state index contributed by atoms with van der Waals surface area (Å²) >= 11 is 5.20. The van der Waals surface area contributed by atoms with Gasteiger partial charge in [-0.2, -0.15) is 16.8 Å². The molecule has 78 heavy (non-hydrogen) atoms. The van der Waals surface area contributed by atoms with Crippen molar-refractivity contribution in [1.29, 1.82) is 0 Å². The van der Waals surface area contributed by atoms with Crippen LogP contribution in [0.2, 0.25) is 0 Å². The van der Waals surface area contributed by atoms with Gasteiger partial charge in [-0.1, -0.05) is 72.8 Å². The molecular formula is C50H36N14Na2O6S6. The van der Waals surface area contributed by atoms with Crippen LogP contribution >= 0.6 is 47.8 Å². The van der Waals surface area contributed by atoms with Crippen molar-refractivity contribution >= 4 is 207 Å². The fourth-order valence-electron chi connectivity index (χ4n) is 7.93. The molecule has 0 amide bonds. The summed E-state index contributed by atoms with van der Waals surface area (Å²) in [5.41, 5.74) is 7.07. The van der Waals surface area contributed by atoms with Crippen LogP contribution in [0.1, 0.15) is 11.1 Å². The zero-order valence-electron chi connectivity index (χ0n) is 38.7. The molecule has 12 rings (SSSR count). The second-order valence-electron chi connectivity index (χ2n) is 16.4. The molecule has 6 aromatic heterocycles. The van der Waals surface area contributed by atoms with Gasteiger partial charge < -0.3 is 10.6 Å². The van der Waals surface area contributed by atoms with Gasteiger partial charge in [-0.25, -0.2) is 39.9 Å². The van der Waals surface area contributed by atoms with E-state index in [1.165, 1.54) is 84.2 Å². The predicted octanol–water partition coefficient (Wildman–Crippen LogP) is 9.74. The Hall–Kier alpha value is -6.08. The van der Waals surface area contributed by atoms with Gasteiger partial charge in [0.2, 0.25) is 11.9 Å². The van der Waals surface area contributed by atoms with Gasteiger partial charge in [0, 0.05) is 71.3 Å². The van der Waals surface area contributed by atoms with Crippen LogP contribution < -0.4 is 10.6 Å². The van der Waals surface area contributed by atoms with Gasteiger partial charge in [0.1, 0.15) is 55.2 Å². The van der Waals surface area contributed by atoms with E-state index in [-0.39, 0.29) is 93.5 Å². The number of benzene rings is 6. The third-order valence-corrected chi connectivity index (χ3v) is 16.7. The summed E-state index contributed by atoms with van der Waals surface area (Å²) in [5, 5.41) is 8.30. The zero-order valence-corrected chi connectivity index (χ0v) is 43.6. The van der Waals surface area contributed by atoms with E-state index in [0.717, 1.165) is 44.1 Å². The number of imidazole rings is 4. The minimum absolute atomic E-state index is 0. The molecule has 0 spiro atoms. The zero-order chi connectivity index (χ0) is 52.0. The Bertz CT molecular complexity index is 4030. The first-order valence-corrected chi connectivity index (χ1v) is 28.5. The summed E-state index contributed by atoms with van der Waals surface area (Å²) in [5.74, 6) is 0.226. The Labute approximate surface area is 505 Å². The molecule has 0 aliphatic rings. The van der Waals surface area contributed by atoms with Gasteiger partial charge in [-0.15, -0.1) is 0 Å². The molecule has 380 valence electrons. The summed E-state index contributed by atoms with van der Waals surface area (Å²) in [7, 11) is -9.77. The van der Waals surface area contributed by atoms with E-state index in [0.29, 0.717) is 20.1 Å². The van der Waals surface area contributed by atoms with Crippen LogP contribution in [0.25, 0.3) is 56.3 Å². The van der Waals surface area contributed by atoms with Crippen LogP contribution in [0.5, 0.6) is 0 Å². The molecule has 28 heteroatoms. The van der Waals surface area contributed by atoms with Gasteiger partial charge in [-0.05, 0) is 83.9 Å². The quantitative estimate of drug-likeness (QED) is 0.0304. The SMILES string of the molecule is O=S(=O)(O)c1cc(Nc2nc(Sn3cnc4ccccc43)cc(Sn3cnc4ccccc43)n2)ccc1C=Cc1ccc(Nc2nc(Sn3cnc4ccccc43)cc(Sn3cnc4ccccc43)n2)cc1S(=O)(=O)O.[NaH].[NaH]. The Balaban J connectivity index is 0.00000344. The maximum atomic E-state index is 13.0. The molecule has 0 saturated carbocycles. The normalized spacial score (nSPS) is 11.9. The molecule has 0 atom stereocenters. The number of rotatable bonds is 16. The van der Waals surface area contributed by atoms with E-state index >= 15 is 0 Å². The Morgan fingerprint density at radius 2 is 0.679 bits per heavy atom. The Morgan fingerprint density at radius 1 is 0.397 bits per heavy atom. The summed E-state index contributed by atoms with van der Waals surface area (Å²) in [4.78, 5) is 35.9. The van der Waals surface area contributed by atoms with Crippen LogP contribution in [-0.4, -0.2) is 141 Å². The molecule has 6 heterocycles. The summed E-state index contributed by atoms with van der Waals surface area (Å²) in [6.07, 6.45) is 9.38. The molecule has 0 radical (unpaired) electrons. The number of hydrogen-bond donors (Lipinski definition) is 4. The number of anilines is 4. The second kappa shape index (κ2) is 23.3. The molecular weight excluding hydrogens is 1130 g/mol. The third kappa shape index (κ3) is 12.2. The molecule has 0 unspecified atom stereocenters. The van der Waals surface area contributed by atoms with Crippen molar-refractivity contribution in [1.82, 2.24) is 55.8 Å². The number of nitrogens with zero attached hydrogens (tertiary/aromatic N) is 12. The van der Waals surface area contributed by atoms with E-state index in [1.54, 1.807) is 37.4 Å². The van der Waals surface area contributed by atoms with Gasteiger partial charge in [0.05, 0.1) is 44.1 Å². The Kier molecular flexibility index (Phi) is 16.5. The van der Waals surface area contributed by atoms with Crippen molar-refractivity contribution < 1.29 is 25.9 Å². The number of para-hydroxylation sites is 8. The first-order valence-electron chi connectivity index (χ1n) is 22.5. The molecule has 0 saturated heterocycles. The van der Waals surface area contributed by atoms with E-state index in [4.69, 9.17) is 19.9 Å². The number of nitrogens with one attached hydrogen (secondary N) is 2. The molecule has 4 N–H and O–H groups in total. The monoisotopic (exact) mass is 1170 g/mol. The average Bonchev–Trinajstić information content (AvgIpc) is 4.22. The second-order valence-corrected chi connectivity index (χ2v) is 23.1. The van der Waals surface area contributed by atoms with Crippen molar-refractivity contribution in [3.63, 3.8) is 0 Å². The van der Waals surface area contributed by atoms with Gasteiger partial charge in [-0.3, -0.25) is 25.0 Å². The summed E-state index contributed by atoms with van der Waals surface area (Å²) in [6, 6.07) is 42.6. The first-order chi connectivity index (χ1) is 36.8. The summed E-state index contributed by atoms with van der Waals surface area (Å²) in [6.45, 7) is 0. The number of hydrogen-bond acceptors (Lipinski definition) is 18. The molecule has 0 aliphatic carbocycles. The number of aromatic nitrogens is 12. The molecule has 0 bridgehead atoms. The Morgan fingerprint density at radius 3 is 0.962 bits per heavy atom. The van der Waals surface area contributed by atoms with Gasteiger partial charge in [0.25, 0.3) is 20.2 Å². The van der Waals surface area contributed by atoms with Crippen molar-refractivity contribution in [2.24, 2.45) is 0 Å². The van der Waals surface area contributed by atoms with Gasteiger partial charge >= 0.3 is 59.1 Å². The average molecular weight is 1170 g/mol. The van der Waals surface area contributed by atoms with Crippen LogP contribution in [0.4, 0.5) is 23.3 Å². The number of fused-ring (bicyclic) bond motifs is 4. The van der Waals surface area contributed by atoms with Crippen molar-refractivity contribution in [2.75, 3.05) is 10.6 Å². The van der Waals surface area contributed by atoms with E-state index < -0.39 is 30.0 Å². The molecule has 20 nitrogen and oxygen atoms in total. The third-order valence-electron chi connectivity index (χ3n) is 11.3. The summed E-state index contributed by atoms with van der Waals surface area (Å²) < 4.78 is 80.6. The van der Waals surface area contributed by atoms with E-state index in [1.807, 2.05) is 125 Å². The van der Waals surface area contributed by atoms with E-state index in [9.17, 15) is 25.9 Å². The molecule has 12 aromatic rings. The van der Waals surface area contributed by atoms with E-state index in [2.05, 4.69) is 30.6 Å². The van der Waals surface area contributed by atoms with Crippen molar-refractivity contribution in [3.05, 3.63) is 182 Å². The molecule has 0 fully saturated rings. The molecule has 6 aromatic carbocycles. The van der Waals surface area contributed by atoms with Crippen LogP contribution in [-0.2, 0) is 20.2 Å². The van der Waals surface area contributed by atoms with Gasteiger partial charge in [0.15, 0.2) is 0 Å².